The molecular formula is C14H18INO4. The second-order valence-electron chi connectivity index (χ2n) is 4.53. The van der Waals surface area contributed by atoms with Crippen LogP contribution in [0.3, 0.4) is 0 Å². The van der Waals surface area contributed by atoms with Gasteiger partial charge in [0.2, 0.25) is 0 Å². The second-order valence-corrected chi connectivity index (χ2v) is 6.13. The van der Waals surface area contributed by atoms with Gasteiger partial charge in [-0.1, -0.05) is 28.7 Å². The largest absolute Gasteiger partial charge is 0.493 e. The van der Waals surface area contributed by atoms with Crippen molar-refractivity contribution in [3.05, 3.63) is 23.8 Å². The molecule has 110 valence electrons. The number of carbonyl (C=O) groups is 1. The van der Waals surface area contributed by atoms with Crippen molar-refractivity contribution >= 4 is 28.7 Å². The summed E-state index contributed by atoms with van der Waals surface area (Å²) in [6, 6.07) is 5.77. The molecule has 1 fully saturated rings. The molecule has 1 amide bonds. The fourth-order valence-electron chi connectivity index (χ4n) is 2.50. The number of ether oxygens (including phenoxy) is 3. The number of halogens is 1. The first-order chi connectivity index (χ1) is 9.62. The fourth-order valence-corrected chi connectivity index (χ4v) is 3.58. The summed E-state index contributed by atoms with van der Waals surface area (Å²) in [5, 5.41) is 0. The van der Waals surface area contributed by atoms with Crippen molar-refractivity contribution in [2.45, 2.75) is 16.4 Å². The maximum absolute atomic E-state index is 11.9. The zero-order valence-electron chi connectivity index (χ0n) is 11.8. The average Bonchev–Trinajstić information content (AvgIpc) is 2.87. The predicted octanol–water partition coefficient (Wildman–Crippen LogP) is 3.02. The number of benzene rings is 1. The molecule has 0 spiro atoms. The number of hydrogen-bond donors (Lipinski definition) is 0. The van der Waals surface area contributed by atoms with Crippen LogP contribution >= 0.6 is 22.6 Å². The van der Waals surface area contributed by atoms with Gasteiger partial charge in [-0.05, 0) is 24.1 Å². The summed E-state index contributed by atoms with van der Waals surface area (Å²) < 4.78 is 15.8. The van der Waals surface area contributed by atoms with Crippen LogP contribution in [0.1, 0.15) is 18.0 Å². The highest BCUT2D eigenvalue weighted by atomic mass is 127. The minimum Gasteiger partial charge on any atom is -0.493 e. The van der Waals surface area contributed by atoms with Crippen LogP contribution in [0.5, 0.6) is 11.5 Å². The van der Waals surface area contributed by atoms with E-state index in [0.29, 0.717) is 22.0 Å². The summed E-state index contributed by atoms with van der Waals surface area (Å²) in [7, 11) is 4.62. The van der Waals surface area contributed by atoms with E-state index in [-0.39, 0.29) is 12.1 Å². The molecule has 1 aliphatic rings. The van der Waals surface area contributed by atoms with Crippen LogP contribution in [0.2, 0.25) is 0 Å². The van der Waals surface area contributed by atoms with Gasteiger partial charge in [-0.2, -0.15) is 0 Å². The number of rotatable bonds is 3. The van der Waals surface area contributed by atoms with E-state index in [0.717, 1.165) is 12.0 Å². The number of amides is 1. The number of alkyl halides is 1. The molecule has 0 aromatic heterocycles. The van der Waals surface area contributed by atoms with Gasteiger partial charge in [0.1, 0.15) is 0 Å². The molecule has 1 aliphatic heterocycles. The van der Waals surface area contributed by atoms with Gasteiger partial charge in [-0.3, -0.25) is 0 Å². The van der Waals surface area contributed by atoms with Crippen molar-refractivity contribution in [1.82, 2.24) is 4.90 Å². The number of nitrogens with zero attached hydrogens (tertiary/aromatic N) is 1. The molecule has 1 aromatic rings. The Kier molecular flexibility index (Phi) is 4.95. The van der Waals surface area contributed by atoms with Gasteiger partial charge in [-0.15, -0.1) is 0 Å². The molecule has 1 heterocycles. The Balaban J connectivity index is 2.35. The third kappa shape index (κ3) is 2.79. The lowest BCUT2D eigenvalue weighted by atomic mass is 10.0. The molecule has 5 nitrogen and oxygen atoms in total. The van der Waals surface area contributed by atoms with Crippen molar-refractivity contribution in [1.29, 1.82) is 0 Å². The van der Waals surface area contributed by atoms with Crippen molar-refractivity contribution in [2.75, 3.05) is 27.9 Å². The summed E-state index contributed by atoms with van der Waals surface area (Å²) in [4.78, 5) is 13.6. The fraction of sp³-hybridized carbons (Fsp3) is 0.500. The molecule has 0 saturated carbocycles. The highest BCUT2D eigenvalue weighted by molar-refractivity contribution is 14.1. The number of likely N-dealkylation sites (tertiary alicyclic amines) is 1. The first kappa shape index (κ1) is 15.2. The standard InChI is InChI=1S/C14H18INO4/c1-18-11-5-4-9(8-12(11)19-2)13-10(15)6-7-16(13)14(17)20-3/h4-5,8,10,13H,6-7H2,1-3H3. The van der Waals surface area contributed by atoms with Crippen LogP contribution in [0.15, 0.2) is 18.2 Å². The van der Waals surface area contributed by atoms with Gasteiger partial charge in [0.05, 0.1) is 27.4 Å². The van der Waals surface area contributed by atoms with Crippen LogP contribution in [-0.4, -0.2) is 42.8 Å². The smallest absolute Gasteiger partial charge is 0.410 e. The van der Waals surface area contributed by atoms with E-state index in [1.807, 2.05) is 18.2 Å². The van der Waals surface area contributed by atoms with Gasteiger partial charge < -0.3 is 19.1 Å². The van der Waals surface area contributed by atoms with Crippen LogP contribution in [0, 0.1) is 0 Å². The Morgan fingerprint density at radius 1 is 1.25 bits per heavy atom. The summed E-state index contributed by atoms with van der Waals surface area (Å²) in [6.07, 6.45) is 0.665. The molecule has 2 rings (SSSR count). The van der Waals surface area contributed by atoms with E-state index in [2.05, 4.69) is 22.6 Å². The molecule has 6 heteroatoms. The molecule has 0 aliphatic carbocycles. The molecule has 2 unspecified atom stereocenters. The van der Waals surface area contributed by atoms with Gasteiger partial charge in [0.15, 0.2) is 11.5 Å². The third-order valence-electron chi connectivity index (χ3n) is 3.48. The van der Waals surface area contributed by atoms with Gasteiger partial charge >= 0.3 is 6.09 Å². The summed E-state index contributed by atoms with van der Waals surface area (Å²) in [5.41, 5.74) is 1.03. The zero-order valence-corrected chi connectivity index (χ0v) is 13.9. The average molecular weight is 391 g/mol. The molecule has 1 aromatic carbocycles. The molecule has 0 radical (unpaired) electrons. The van der Waals surface area contributed by atoms with Crippen LogP contribution in [0.4, 0.5) is 4.79 Å². The quantitative estimate of drug-likeness (QED) is 0.587. The minimum absolute atomic E-state index is 0.00264. The molecule has 1 saturated heterocycles. The van der Waals surface area contributed by atoms with E-state index in [1.54, 1.807) is 19.1 Å². The van der Waals surface area contributed by atoms with Gasteiger partial charge in [0, 0.05) is 10.5 Å². The van der Waals surface area contributed by atoms with Crippen molar-refractivity contribution in [2.24, 2.45) is 0 Å². The molecular weight excluding hydrogens is 373 g/mol. The highest BCUT2D eigenvalue weighted by Crippen LogP contribution is 2.40. The highest BCUT2D eigenvalue weighted by Gasteiger charge is 2.37. The summed E-state index contributed by atoms with van der Waals surface area (Å²) in [5.74, 6) is 1.36. The van der Waals surface area contributed by atoms with Gasteiger partial charge in [0.25, 0.3) is 0 Å². The lowest BCUT2D eigenvalue weighted by molar-refractivity contribution is 0.119. The van der Waals surface area contributed by atoms with Gasteiger partial charge in [-0.25, -0.2) is 4.79 Å². The monoisotopic (exact) mass is 391 g/mol. The number of methoxy groups -OCH3 is 3. The third-order valence-corrected chi connectivity index (χ3v) is 4.79. The normalized spacial score (nSPS) is 21.7. The maximum atomic E-state index is 11.9. The number of hydrogen-bond acceptors (Lipinski definition) is 4. The molecule has 0 N–H and O–H groups in total. The van der Waals surface area contributed by atoms with Crippen molar-refractivity contribution in [3.63, 3.8) is 0 Å². The summed E-state index contributed by atoms with van der Waals surface area (Å²) >= 11 is 2.38. The Morgan fingerprint density at radius 3 is 2.55 bits per heavy atom. The minimum atomic E-state index is -0.288. The first-order valence-corrected chi connectivity index (χ1v) is 7.57. The molecule has 20 heavy (non-hydrogen) atoms. The lowest BCUT2D eigenvalue weighted by Crippen LogP contribution is -2.32. The Labute approximate surface area is 132 Å². The zero-order chi connectivity index (χ0) is 14.7. The lowest BCUT2D eigenvalue weighted by Gasteiger charge is -2.26. The topological polar surface area (TPSA) is 48.0 Å². The van der Waals surface area contributed by atoms with E-state index in [9.17, 15) is 4.79 Å². The Morgan fingerprint density at radius 2 is 1.95 bits per heavy atom. The van der Waals surface area contributed by atoms with Crippen LogP contribution in [-0.2, 0) is 4.74 Å². The van der Waals surface area contributed by atoms with E-state index in [4.69, 9.17) is 14.2 Å². The second kappa shape index (κ2) is 6.51. The van der Waals surface area contributed by atoms with E-state index < -0.39 is 0 Å². The first-order valence-electron chi connectivity index (χ1n) is 6.33. The Hall–Kier alpha value is -1.18. The molecule has 0 bridgehead atoms. The van der Waals surface area contributed by atoms with E-state index >= 15 is 0 Å². The van der Waals surface area contributed by atoms with Crippen LogP contribution in [0.25, 0.3) is 0 Å². The SMILES string of the molecule is COC(=O)N1CCC(I)C1c1ccc(OC)c(OC)c1. The maximum Gasteiger partial charge on any atom is 0.410 e. The Bertz CT molecular complexity index is 494. The van der Waals surface area contributed by atoms with E-state index in [1.165, 1.54) is 7.11 Å². The summed E-state index contributed by atoms with van der Waals surface area (Å²) in [6.45, 7) is 0.708. The molecule has 2 atom stereocenters. The van der Waals surface area contributed by atoms with Crippen LogP contribution < -0.4 is 9.47 Å². The predicted molar refractivity (Wildman–Crippen MR) is 83.8 cm³/mol. The van der Waals surface area contributed by atoms with Crippen molar-refractivity contribution < 1.29 is 19.0 Å². The number of carbonyl (C=O) groups excluding carboxylic acids is 1. The van der Waals surface area contributed by atoms with Crippen molar-refractivity contribution in [3.8, 4) is 11.5 Å².